The summed E-state index contributed by atoms with van der Waals surface area (Å²) in [6, 6.07) is 10.5. The van der Waals surface area contributed by atoms with Crippen LogP contribution in [-0.2, 0) is 11.2 Å². The van der Waals surface area contributed by atoms with E-state index in [9.17, 15) is 4.79 Å². The smallest absolute Gasteiger partial charge is 0.238 e. The molecular formula is C18H19BrN2OS. The first-order valence-electron chi connectivity index (χ1n) is 8.06. The summed E-state index contributed by atoms with van der Waals surface area (Å²) in [6.45, 7) is 1.46. The average Bonchev–Trinajstić information content (AvgIpc) is 3.23. The lowest BCUT2D eigenvalue weighted by Crippen LogP contribution is -2.41. The summed E-state index contributed by atoms with van der Waals surface area (Å²) < 4.78 is 0.979. The van der Waals surface area contributed by atoms with Gasteiger partial charge in [-0.2, -0.15) is 0 Å². The number of nitrogens with zero attached hydrogens (tertiary/aromatic N) is 1. The van der Waals surface area contributed by atoms with Crippen molar-refractivity contribution in [2.24, 2.45) is 5.92 Å². The van der Waals surface area contributed by atoms with E-state index in [1.54, 1.807) is 0 Å². The Labute approximate surface area is 148 Å². The molecule has 1 N–H and O–H groups in total. The summed E-state index contributed by atoms with van der Waals surface area (Å²) in [5.41, 5.74) is 2.32. The maximum absolute atomic E-state index is 12.5. The Morgan fingerprint density at radius 2 is 2.22 bits per heavy atom. The molecule has 2 heterocycles. The molecule has 5 heteroatoms. The average molecular weight is 391 g/mol. The Hall–Kier alpha value is -1.17. The van der Waals surface area contributed by atoms with Crippen LogP contribution < -0.4 is 5.32 Å². The normalized spacial score (nSPS) is 21.0. The highest BCUT2D eigenvalue weighted by molar-refractivity contribution is 9.10. The van der Waals surface area contributed by atoms with Crippen LogP contribution in [0, 0.1) is 5.92 Å². The van der Waals surface area contributed by atoms with Gasteiger partial charge in [0.2, 0.25) is 5.91 Å². The third kappa shape index (κ3) is 3.37. The fourth-order valence-electron chi connectivity index (χ4n) is 3.49. The first-order valence-corrected chi connectivity index (χ1v) is 9.74. The molecule has 1 saturated carbocycles. The Morgan fingerprint density at radius 3 is 3.00 bits per heavy atom. The number of fused-ring (bicyclic) bond motifs is 1. The van der Waals surface area contributed by atoms with Gasteiger partial charge in [-0.15, -0.1) is 11.3 Å². The van der Waals surface area contributed by atoms with Crippen LogP contribution in [0.5, 0.6) is 0 Å². The van der Waals surface area contributed by atoms with Crippen molar-refractivity contribution in [2.75, 3.05) is 18.4 Å². The number of hydrogen-bond acceptors (Lipinski definition) is 3. The minimum Gasteiger partial charge on any atom is -0.325 e. The van der Waals surface area contributed by atoms with Crippen molar-refractivity contribution in [2.45, 2.75) is 25.3 Å². The number of nitrogens with one attached hydrogen (secondary N) is 1. The van der Waals surface area contributed by atoms with E-state index in [0.717, 1.165) is 29.0 Å². The lowest BCUT2D eigenvalue weighted by atomic mass is 9.96. The SMILES string of the molecule is O=C(CN1CCc2sccc2[C@H]1C1CC1)Nc1cccc(Br)c1. The van der Waals surface area contributed by atoms with Crippen LogP contribution in [0.1, 0.15) is 29.3 Å². The molecule has 0 saturated heterocycles. The molecular weight excluding hydrogens is 372 g/mol. The molecule has 0 unspecified atom stereocenters. The molecule has 1 aromatic carbocycles. The Morgan fingerprint density at radius 1 is 1.35 bits per heavy atom. The zero-order valence-corrected chi connectivity index (χ0v) is 15.2. The molecule has 0 spiro atoms. The third-order valence-electron chi connectivity index (χ3n) is 4.64. The molecule has 0 bridgehead atoms. The Balaban J connectivity index is 1.46. The van der Waals surface area contributed by atoms with E-state index in [-0.39, 0.29) is 5.91 Å². The summed E-state index contributed by atoms with van der Waals surface area (Å²) in [4.78, 5) is 16.4. The second-order valence-electron chi connectivity index (χ2n) is 6.36. The first-order chi connectivity index (χ1) is 11.2. The van der Waals surface area contributed by atoms with Gasteiger partial charge in [0.25, 0.3) is 0 Å². The van der Waals surface area contributed by atoms with E-state index >= 15 is 0 Å². The van der Waals surface area contributed by atoms with Gasteiger partial charge in [0.05, 0.1) is 6.54 Å². The summed E-state index contributed by atoms with van der Waals surface area (Å²) >= 11 is 5.31. The van der Waals surface area contributed by atoms with Crippen molar-refractivity contribution in [1.82, 2.24) is 4.90 Å². The molecule has 1 aliphatic heterocycles. The largest absolute Gasteiger partial charge is 0.325 e. The van der Waals surface area contributed by atoms with Crippen molar-refractivity contribution in [3.63, 3.8) is 0 Å². The second kappa shape index (κ2) is 6.38. The van der Waals surface area contributed by atoms with Gasteiger partial charge in [0, 0.05) is 27.6 Å². The number of hydrogen-bond donors (Lipinski definition) is 1. The monoisotopic (exact) mass is 390 g/mol. The van der Waals surface area contributed by atoms with E-state index in [1.807, 2.05) is 35.6 Å². The summed E-state index contributed by atoms with van der Waals surface area (Å²) in [7, 11) is 0. The molecule has 1 aliphatic carbocycles. The number of anilines is 1. The van der Waals surface area contributed by atoms with Gasteiger partial charge in [0.15, 0.2) is 0 Å². The molecule has 3 nitrogen and oxygen atoms in total. The van der Waals surface area contributed by atoms with Gasteiger partial charge < -0.3 is 5.32 Å². The standard InChI is InChI=1S/C18H19BrN2OS/c19-13-2-1-3-14(10-13)20-17(22)11-21-8-6-16-15(7-9-23-16)18(21)12-4-5-12/h1-3,7,9-10,12,18H,4-6,8,11H2,(H,20,22)/t18-/m1/s1. The first kappa shape index (κ1) is 15.4. The predicted molar refractivity (Wildman–Crippen MR) is 97.8 cm³/mol. The number of amides is 1. The molecule has 23 heavy (non-hydrogen) atoms. The summed E-state index contributed by atoms with van der Waals surface area (Å²) in [5, 5.41) is 5.22. The quantitative estimate of drug-likeness (QED) is 0.835. The van der Waals surface area contributed by atoms with E-state index in [4.69, 9.17) is 0 Å². The molecule has 2 aromatic rings. The highest BCUT2D eigenvalue weighted by Crippen LogP contribution is 2.48. The number of rotatable bonds is 4. The van der Waals surface area contributed by atoms with Gasteiger partial charge in [-0.05, 0) is 60.4 Å². The highest BCUT2D eigenvalue weighted by atomic mass is 79.9. The van der Waals surface area contributed by atoms with Crippen molar-refractivity contribution >= 4 is 38.9 Å². The van der Waals surface area contributed by atoms with Crippen LogP contribution in [0.25, 0.3) is 0 Å². The van der Waals surface area contributed by atoms with Gasteiger partial charge in [0.1, 0.15) is 0 Å². The molecule has 0 radical (unpaired) electrons. The van der Waals surface area contributed by atoms with E-state index < -0.39 is 0 Å². The second-order valence-corrected chi connectivity index (χ2v) is 8.28. The van der Waals surface area contributed by atoms with Crippen molar-refractivity contribution in [3.05, 3.63) is 50.6 Å². The Bertz CT molecular complexity index is 725. The van der Waals surface area contributed by atoms with E-state index in [0.29, 0.717) is 12.6 Å². The Kier molecular flexibility index (Phi) is 4.26. The molecule has 2 aliphatic rings. The maximum atomic E-state index is 12.5. The summed E-state index contributed by atoms with van der Waals surface area (Å²) in [5.74, 6) is 0.815. The van der Waals surface area contributed by atoms with Crippen LogP contribution in [0.15, 0.2) is 40.2 Å². The molecule has 1 aromatic heterocycles. The lowest BCUT2D eigenvalue weighted by Gasteiger charge is -2.35. The van der Waals surface area contributed by atoms with E-state index in [1.165, 1.54) is 23.3 Å². The topological polar surface area (TPSA) is 32.3 Å². The van der Waals surface area contributed by atoms with Crippen molar-refractivity contribution in [3.8, 4) is 0 Å². The number of carbonyl (C=O) groups is 1. The lowest BCUT2D eigenvalue weighted by molar-refractivity contribution is -0.118. The molecule has 4 rings (SSSR count). The van der Waals surface area contributed by atoms with Gasteiger partial charge >= 0.3 is 0 Å². The number of benzene rings is 1. The van der Waals surface area contributed by atoms with Gasteiger partial charge in [-0.1, -0.05) is 22.0 Å². The predicted octanol–water partition coefficient (Wildman–Crippen LogP) is 4.46. The van der Waals surface area contributed by atoms with Crippen LogP contribution >= 0.6 is 27.3 Å². The molecule has 1 amide bonds. The highest BCUT2D eigenvalue weighted by Gasteiger charge is 2.40. The number of halogens is 1. The molecule has 1 fully saturated rings. The van der Waals surface area contributed by atoms with Crippen LogP contribution in [0.2, 0.25) is 0 Å². The summed E-state index contributed by atoms with van der Waals surface area (Å²) in [6.07, 6.45) is 3.66. The number of thiophene rings is 1. The van der Waals surface area contributed by atoms with E-state index in [2.05, 4.69) is 37.6 Å². The fraction of sp³-hybridized carbons (Fsp3) is 0.389. The van der Waals surface area contributed by atoms with Crippen LogP contribution in [0.4, 0.5) is 5.69 Å². The van der Waals surface area contributed by atoms with Gasteiger partial charge in [-0.25, -0.2) is 0 Å². The minimum atomic E-state index is 0.0763. The van der Waals surface area contributed by atoms with Crippen LogP contribution in [0.3, 0.4) is 0 Å². The van der Waals surface area contributed by atoms with Crippen molar-refractivity contribution < 1.29 is 4.79 Å². The fourth-order valence-corrected chi connectivity index (χ4v) is 4.80. The zero-order chi connectivity index (χ0) is 15.8. The van der Waals surface area contributed by atoms with Crippen LogP contribution in [-0.4, -0.2) is 23.9 Å². The molecule has 120 valence electrons. The minimum absolute atomic E-state index is 0.0763. The van der Waals surface area contributed by atoms with Crippen molar-refractivity contribution in [1.29, 1.82) is 0 Å². The number of carbonyl (C=O) groups excluding carboxylic acids is 1. The molecule has 1 atom stereocenters. The van der Waals surface area contributed by atoms with Gasteiger partial charge in [-0.3, -0.25) is 9.69 Å². The third-order valence-corrected chi connectivity index (χ3v) is 6.13. The maximum Gasteiger partial charge on any atom is 0.238 e. The zero-order valence-electron chi connectivity index (χ0n) is 12.8.